The van der Waals surface area contributed by atoms with Gasteiger partial charge in [-0.25, -0.2) is 4.68 Å². The Morgan fingerprint density at radius 3 is 2.81 bits per heavy atom. The van der Waals surface area contributed by atoms with Gasteiger partial charge in [0, 0.05) is 23.0 Å². The highest BCUT2D eigenvalue weighted by atomic mass is 16.5. The molecular weight excluding hydrogens is 456 g/mol. The van der Waals surface area contributed by atoms with Crippen molar-refractivity contribution in [2.45, 2.75) is 77.5 Å². The van der Waals surface area contributed by atoms with E-state index in [0.29, 0.717) is 31.3 Å². The first-order valence-corrected chi connectivity index (χ1v) is 13.0. The highest BCUT2D eigenvalue weighted by Crippen LogP contribution is 2.34. The molecule has 36 heavy (non-hydrogen) atoms. The Morgan fingerprint density at radius 2 is 2.06 bits per heavy atom. The molecule has 4 aromatic rings. The van der Waals surface area contributed by atoms with Crippen LogP contribution in [0, 0.1) is 0 Å². The standard InChI is InChI=1S/C27H34N6O3/c1-3-8-25(26-29-30-31-33(26)21-9-5-6-10-21)32(18-23-11-7-14-36-23)17-20-15-19-16-22(35-4-2)12-13-24(19)28-27(20)34/h7,11-16,21,25H,3-6,8-10,17-18H2,1-2H3,(H,28,34). The fourth-order valence-electron chi connectivity index (χ4n) is 5.28. The van der Waals surface area contributed by atoms with Crippen LogP contribution in [0.1, 0.15) is 81.6 Å². The number of furan rings is 1. The molecule has 1 aliphatic rings. The Bertz CT molecular complexity index is 1320. The molecule has 0 saturated heterocycles. The molecule has 1 saturated carbocycles. The molecule has 190 valence electrons. The summed E-state index contributed by atoms with van der Waals surface area (Å²) in [6.07, 6.45) is 8.12. The third-order valence-corrected chi connectivity index (χ3v) is 7.01. The van der Waals surface area contributed by atoms with Gasteiger partial charge in [0.05, 0.1) is 31.5 Å². The van der Waals surface area contributed by atoms with Crippen LogP contribution in [0.3, 0.4) is 0 Å². The number of fused-ring (bicyclic) bond motifs is 1. The predicted octanol–water partition coefficient (Wildman–Crippen LogP) is 5.17. The quantitative estimate of drug-likeness (QED) is 0.310. The molecule has 1 fully saturated rings. The van der Waals surface area contributed by atoms with Gasteiger partial charge in [-0.2, -0.15) is 0 Å². The molecule has 5 rings (SSSR count). The van der Waals surface area contributed by atoms with Crippen molar-refractivity contribution in [3.05, 3.63) is 70.2 Å². The van der Waals surface area contributed by atoms with Gasteiger partial charge in [0.1, 0.15) is 11.5 Å². The summed E-state index contributed by atoms with van der Waals surface area (Å²) in [5.41, 5.74) is 1.38. The van der Waals surface area contributed by atoms with Gasteiger partial charge < -0.3 is 14.1 Å². The largest absolute Gasteiger partial charge is 0.494 e. The summed E-state index contributed by atoms with van der Waals surface area (Å²) in [6.45, 7) is 5.70. The van der Waals surface area contributed by atoms with Crippen molar-refractivity contribution in [1.82, 2.24) is 30.1 Å². The fraction of sp³-hybridized carbons (Fsp3) is 0.481. The number of rotatable bonds is 11. The van der Waals surface area contributed by atoms with Crippen LogP contribution in [0.5, 0.6) is 5.75 Å². The van der Waals surface area contributed by atoms with Crippen molar-refractivity contribution in [3.8, 4) is 5.75 Å². The molecule has 1 unspecified atom stereocenters. The number of pyridine rings is 1. The average Bonchev–Trinajstić information content (AvgIpc) is 3.66. The van der Waals surface area contributed by atoms with E-state index in [0.717, 1.165) is 53.9 Å². The molecule has 0 bridgehead atoms. The van der Waals surface area contributed by atoms with Gasteiger partial charge in [0.15, 0.2) is 5.82 Å². The van der Waals surface area contributed by atoms with Crippen molar-refractivity contribution in [2.24, 2.45) is 0 Å². The van der Waals surface area contributed by atoms with Crippen molar-refractivity contribution < 1.29 is 9.15 Å². The number of aromatic amines is 1. The zero-order valence-corrected chi connectivity index (χ0v) is 21.0. The van der Waals surface area contributed by atoms with Crippen LogP contribution < -0.4 is 10.3 Å². The van der Waals surface area contributed by atoms with Crippen molar-refractivity contribution >= 4 is 10.9 Å². The van der Waals surface area contributed by atoms with Gasteiger partial charge in [-0.15, -0.1) is 5.10 Å². The van der Waals surface area contributed by atoms with E-state index in [-0.39, 0.29) is 11.6 Å². The summed E-state index contributed by atoms with van der Waals surface area (Å²) in [7, 11) is 0. The Balaban J connectivity index is 1.52. The maximum Gasteiger partial charge on any atom is 0.252 e. The molecule has 1 aromatic carbocycles. The molecule has 0 aliphatic heterocycles. The second-order valence-electron chi connectivity index (χ2n) is 9.51. The first kappa shape index (κ1) is 24.2. The Morgan fingerprint density at radius 1 is 1.19 bits per heavy atom. The van der Waals surface area contributed by atoms with E-state index in [1.165, 1.54) is 12.8 Å². The number of nitrogens with one attached hydrogen (secondary N) is 1. The third-order valence-electron chi connectivity index (χ3n) is 7.01. The number of hydrogen-bond acceptors (Lipinski definition) is 7. The Hall–Kier alpha value is -3.46. The topological polar surface area (TPSA) is 102 Å². The maximum absolute atomic E-state index is 13.1. The highest BCUT2D eigenvalue weighted by molar-refractivity contribution is 5.80. The lowest BCUT2D eigenvalue weighted by Gasteiger charge is -2.31. The number of tetrazole rings is 1. The molecule has 0 radical (unpaired) electrons. The van der Waals surface area contributed by atoms with E-state index in [1.807, 2.05) is 48.0 Å². The molecular formula is C27H34N6O3. The highest BCUT2D eigenvalue weighted by Gasteiger charge is 2.30. The smallest absolute Gasteiger partial charge is 0.252 e. The number of ether oxygens (including phenoxy) is 1. The Kier molecular flexibility index (Phi) is 7.46. The van der Waals surface area contributed by atoms with Gasteiger partial charge in [-0.3, -0.25) is 9.69 Å². The summed E-state index contributed by atoms with van der Waals surface area (Å²) in [6, 6.07) is 11.8. The SMILES string of the molecule is CCCC(c1nnnn1C1CCCC1)N(Cc1ccco1)Cc1cc2cc(OCC)ccc2[nH]c1=O. The van der Waals surface area contributed by atoms with Crippen LogP contribution in [0.25, 0.3) is 10.9 Å². The van der Waals surface area contributed by atoms with Crippen LogP contribution in [0.2, 0.25) is 0 Å². The van der Waals surface area contributed by atoms with Crippen LogP contribution in [0.4, 0.5) is 0 Å². The summed E-state index contributed by atoms with van der Waals surface area (Å²) in [5, 5.41) is 13.9. The third kappa shape index (κ3) is 5.21. The minimum absolute atomic E-state index is 0.0550. The number of aromatic nitrogens is 5. The van der Waals surface area contributed by atoms with Gasteiger partial charge in [0.2, 0.25) is 0 Å². The minimum atomic E-state index is -0.0956. The van der Waals surface area contributed by atoms with Crippen LogP contribution >= 0.6 is 0 Å². The zero-order valence-electron chi connectivity index (χ0n) is 21.0. The van der Waals surface area contributed by atoms with Crippen LogP contribution in [-0.4, -0.2) is 36.7 Å². The second kappa shape index (κ2) is 11.1. The monoisotopic (exact) mass is 490 g/mol. The lowest BCUT2D eigenvalue weighted by molar-refractivity contribution is 0.142. The van der Waals surface area contributed by atoms with Crippen molar-refractivity contribution in [2.75, 3.05) is 6.61 Å². The molecule has 0 spiro atoms. The number of benzene rings is 1. The fourth-order valence-corrected chi connectivity index (χ4v) is 5.28. The molecule has 3 heterocycles. The maximum atomic E-state index is 13.1. The summed E-state index contributed by atoms with van der Waals surface area (Å²) in [4.78, 5) is 18.5. The number of hydrogen-bond donors (Lipinski definition) is 1. The average molecular weight is 491 g/mol. The lowest BCUT2D eigenvalue weighted by Crippen LogP contribution is -2.33. The van der Waals surface area contributed by atoms with Crippen LogP contribution in [0.15, 0.2) is 51.9 Å². The molecule has 1 aliphatic carbocycles. The molecule has 1 atom stereocenters. The number of nitrogens with zero attached hydrogens (tertiary/aromatic N) is 5. The predicted molar refractivity (Wildman–Crippen MR) is 137 cm³/mol. The second-order valence-corrected chi connectivity index (χ2v) is 9.51. The molecule has 3 aromatic heterocycles. The minimum Gasteiger partial charge on any atom is -0.494 e. The van der Waals surface area contributed by atoms with Gasteiger partial charge in [0.25, 0.3) is 5.56 Å². The van der Waals surface area contributed by atoms with E-state index in [4.69, 9.17) is 9.15 Å². The van der Waals surface area contributed by atoms with Gasteiger partial charge >= 0.3 is 0 Å². The lowest BCUT2D eigenvalue weighted by atomic mass is 10.1. The van der Waals surface area contributed by atoms with Crippen LogP contribution in [-0.2, 0) is 13.1 Å². The molecule has 1 N–H and O–H groups in total. The van der Waals surface area contributed by atoms with E-state index in [1.54, 1.807) is 6.26 Å². The first-order chi connectivity index (χ1) is 17.7. The Labute approximate surface area is 210 Å². The van der Waals surface area contributed by atoms with E-state index >= 15 is 0 Å². The van der Waals surface area contributed by atoms with E-state index in [2.05, 4.69) is 32.3 Å². The van der Waals surface area contributed by atoms with E-state index in [9.17, 15) is 4.79 Å². The molecule has 0 amide bonds. The molecule has 9 heteroatoms. The normalized spacial score (nSPS) is 15.2. The first-order valence-electron chi connectivity index (χ1n) is 13.0. The zero-order chi connectivity index (χ0) is 24.9. The molecule has 9 nitrogen and oxygen atoms in total. The summed E-state index contributed by atoms with van der Waals surface area (Å²) in [5.74, 6) is 2.49. The van der Waals surface area contributed by atoms with Gasteiger partial charge in [-0.05, 0) is 73.0 Å². The number of H-pyrrole nitrogens is 1. The van der Waals surface area contributed by atoms with Gasteiger partial charge in [-0.1, -0.05) is 26.2 Å². The van der Waals surface area contributed by atoms with Crippen molar-refractivity contribution in [1.29, 1.82) is 0 Å². The summed E-state index contributed by atoms with van der Waals surface area (Å²) >= 11 is 0. The summed E-state index contributed by atoms with van der Waals surface area (Å²) < 4.78 is 13.4. The van der Waals surface area contributed by atoms with E-state index < -0.39 is 0 Å². The van der Waals surface area contributed by atoms with Crippen molar-refractivity contribution in [3.63, 3.8) is 0 Å².